The molecule has 4 rings (SSSR count). The van der Waals surface area contributed by atoms with Gasteiger partial charge in [-0.2, -0.15) is 0 Å². The molecule has 0 fully saturated rings. The molecule has 0 radical (unpaired) electrons. The topological polar surface area (TPSA) is 104 Å². The van der Waals surface area contributed by atoms with E-state index in [1.165, 1.54) is 30.2 Å². The van der Waals surface area contributed by atoms with Gasteiger partial charge in [-0.05, 0) is 54.1 Å². The molecule has 0 atom stereocenters. The quantitative estimate of drug-likeness (QED) is 0.529. The van der Waals surface area contributed by atoms with Crippen LogP contribution in [0.1, 0.15) is 22.3 Å². The minimum absolute atomic E-state index is 0.0343. The van der Waals surface area contributed by atoms with Gasteiger partial charge in [0.15, 0.2) is 11.5 Å². The summed E-state index contributed by atoms with van der Waals surface area (Å²) in [5, 5.41) is 10.4. The van der Waals surface area contributed by atoms with Crippen molar-refractivity contribution in [2.24, 2.45) is 0 Å². The Morgan fingerprint density at radius 3 is 2.47 bits per heavy atom. The van der Waals surface area contributed by atoms with E-state index in [9.17, 15) is 23.1 Å². The molecule has 34 heavy (non-hydrogen) atoms. The van der Waals surface area contributed by atoms with Crippen molar-refractivity contribution in [1.82, 2.24) is 4.31 Å². The van der Waals surface area contributed by atoms with Crippen LogP contribution in [0.2, 0.25) is 5.02 Å². The van der Waals surface area contributed by atoms with Gasteiger partial charge in [0.2, 0.25) is 5.91 Å². The predicted octanol–water partition coefficient (Wildman–Crippen LogP) is 3.82. The third-order valence-electron chi connectivity index (χ3n) is 5.46. The summed E-state index contributed by atoms with van der Waals surface area (Å²) in [6.45, 7) is -0.171. The molecule has 176 valence electrons. The van der Waals surface area contributed by atoms with Gasteiger partial charge in [0.1, 0.15) is 4.90 Å². The largest absolute Gasteiger partial charge is 0.504 e. The van der Waals surface area contributed by atoms with Gasteiger partial charge in [-0.3, -0.25) is 9.59 Å². The minimum atomic E-state index is -4.01. The fourth-order valence-electron chi connectivity index (χ4n) is 3.73. The highest BCUT2D eigenvalue weighted by atomic mass is 35.5. The number of amides is 2. The first kappa shape index (κ1) is 23.6. The second kappa shape index (κ2) is 9.36. The van der Waals surface area contributed by atoms with E-state index in [1.54, 1.807) is 48.5 Å². The molecule has 0 unspecified atom stereocenters. The lowest BCUT2D eigenvalue weighted by Crippen LogP contribution is -2.36. The van der Waals surface area contributed by atoms with Gasteiger partial charge in [-0.15, -0.1) is 0 Å². The molecule has 0 aromatic heterocycles. The molecule has 0 bridgehead atoms. The molecule has 0 aliphatic carbocycles. The van der Waals surface area contributed by atoms with E-state index in [1.807, 2.05) is 0 Å². The van der Waals surface area contributed by atoms with Crippen molar-refractivity contribution in [1.29, 1.82) is 0 Å². The third-order valence-corrected chi connectivity index (χ3v) is 7.56. The van der Waals surface area contributed by atoms with Crippen molar-refractivity contribution >= 4 is 39.1 Å². The van der Waals surface area contributed by atoms with E-state index in [2.05, 4.69) is 0 Å². The van der Waals surface area contributed by atoms with E-state index in [0.29, 0.717) is 16.3 Å². The lowest BCUT2D eigenvalue weighted by atomic mass is 10.1. The van der Waals surface area contributed by atoms with Crippen molar-refractivity contribution in [3.05, 3.63) is 82.9 Å². The highest BCUT2D eigenvalue weighted by molar-refractivity contribution is 7.90. The normalized spacial score (nSPS) is 14.1. The standard InChI is InChI=1S/C24H21ClN2O6S/c1-33-21-14-16(6-11-20(21)28)15-26(18-9-7-17(25)8-10-18)23(29)12-13-27-24(30)19-4-2-3-5-22(19)34(27,31)32/h2-11,14,28H,12-13,15H2,1H3. The maximum absolute atomic E-state index is 13.3. The molecule has 0 spiro atoms. The molecule has 8 nitrogen and oxygen atoms in total. The monoisotopic (exact) mass is 500 g/mol. The number of hydrogen-bond donors (Lipinski definition) is 1. The fourth-order valence-corrected chi connectivity index (χ4v) is 5.43. The summed E-state index contributed by atoms with van der Waals surface area (Å²) in [5.41, 5.74) is 1.32. The van der Waals surface area contributed by atoms with Crippen molar-refractivity contribution in [2.75, 3.05) is 18.6 Å². The Hall–Kier alpha value is -3.56. The molecule has 3 aromatic carbocycles. The van der Waals surface area contributed by atoms with Gasteiger partial charge in [0.25, 0.3) is 15.9 Å². The maximum atomic E-state index is 13.3. The lowest BCUT2D eigenvalue weighted by molar-refractivity contribution is -0.118. The Morgan fingerprint density at radius 1 is 1.09 bits per heavy atom. The van der Waals surface area contributed by atoms with Gasteiger partial charge in [-0.1, -0.05) is 29.8 Å². The Morgan fingerprint density at radius 2 is 1.79 bits per heavy atom. The van der Waals surface area contributed by atoms with Gasteiger partial charge >= 0.3 is 0 Å². The van der Waals surface area contributed by atoms with E-state index in [4.69, 9.17) is 16.3 Å². The number of anilines is 1. The second-order valence-electron chi connectivity index (χ2n) is 7.59. The van der Waals surface area contributed by atoms with E-state index in [-0.39, 0.29) is 41.5 Å². The number of sulfonamides is 1. The fraction of sp³-hybridized carbons (Fsp3) is 0.167. The lowest BCUT2D eigenvalue weighted by Gasteiger charge is -2.24. The summed E-state index contributed by atoms with van der Waals surface area (Å²) >= 11 is 5.99. The third kappa shape index (κ3) is 4.44. The summed E-state index contributed by atoms with van der Waals surface area (Å²) in [6, 6.07) is 17.3. The first-order chi connectivity index (χ1) is 16.2. The van der Waals surface area contributed by atoms with E-state index < -0.39 is 21.8 Å². The van der Waals surface area contributed by atoms with Crippen molar-refractivity contribution in [2.45, 2.75) is 17.9 Å². The van der Waals surface area contributed by atoms with Crippen LogP contribution in [0, 0.1) is 0 Å². The Labute approximate surface area is 202 Å². The molecular weight excluding hydrogens is 480 g/mol. The first-order valence-corrected chi connectivity index (χ1v) is 12.1. The second-order valence-corrected chi connectivity index (χ2v) is 9.86. The van der Waals surface area contributed by atoms with Crippen LogP contribution in [0.15, 0.2) is 71.6 Å². The molecule has 10 heteroatoms. The highest BCUT2D eigenvalue weighted by Gasteiger charge is 2.40. The Bertz CT molecular complexity index is 1360. The number of benzene rings is 3. The summed E-state index contributed by atoms with van der Waals surface area (Å²) in [5.74, 6) is -0.821. The van der Waals surface area contributed by atoms with Crippen LogP contribution in [0.4, 0.5) is 5.69 Å². The number of fused-ring (bicyclic) bond motifs is 1. The number of nitrogens with zero attached hydrogens (tertiary/aromatic N) is 2. The first-order valence-electron chi connectivity index (χ1n) is 10.3. The highest BCUT2D eigenvalue weighted by Crippen LogP contribution is 2.31. The van der Waals surface area contributed by atoms with Gasteiger partial charge < -0.3 is 14.7 Å². The number of phenolic OH excluding ortho intramolecular Hbond substituents is 1. The summed E-state index contributed by atoms with van der Waals surface area (Å²) in [7, 11) is -2.59. The van der Waals surface area contributed by atoms with Crippen LogP contribution >= 0.6 is 11.6 Å². The smallest absolute Gasteiger partial charge is 0.269 e. The van der Waals surface area contributed by atoms with E-state index in [0.717, 1.165) is 4.31 Å². The molecular formula is C24H21ClN2O6S. The molecule has 1 aliphatic rings. The summed E-state index contributed by atoms with van der Waals surface area (Å²) in [6.07, 6.45) is -0.225. The van der Waals surface area contributed by atoms with Crippen molar-refractivity contribution in [3.8, 4) is 11.5 Å². The molecule has 0 saturated carbocycles. The SMILES string of the molecule is COc1cc(CN(C(=O)CCN2C(=O)c3ccccc3S2(=O)=O)c2ccc(Cl)cc2)ccc1O. The molecule has 1 aliphatic heterocycles. The average molecular weight is 501 g/mol. The van der Waals surface area contributed by atoms with Crippen LogP contribution < -0.4 is 9.64 Å². The van der Waals surface area contributed by atoms with Crippen molar-refractivity contribution < 1.29 is 27.9 Å². The zero-order valence-corrected chi connectivity index (χ0v) is 19.7. The zero-order chi connectivity index (χ0) is 24.5. The van der Waals surface area contributed by atoms with Crippen LogP contribution in [-0.4, -0.2) is 43.3 Å². The van der Waals surface area contributed by atoms with Crippen molar-refractivity contribution in [3.63, 3.8) is 0 Å². The number of methoxy groups -OCH3 is 1. The molecule has 2 amide bonds. The number of hydrogen-bond acceptors (Lipinski definition) is 6. The number of carbonyl (C=O) groups excluding carboxylic acids is 2. The minimum Gasteiger partial charge on any atom is -0.504 e. The van der Waals surface area contributed by atoms with Crippen LogP contribution in [0.3, 0.4) is 0 Å². The summed E-state index contributed by atoms with van der Waals surface area (Å²) in [4.78, 5) is 27.4. The predicted molar refractivity (Wildman–Crippen MR) is 127 cm³/mol. The molecule has 3 aromatic rings. The average Bonchev–Trinajstić information content (AvgIpc) is 3.02. The summed E-state index contributed by atoms with van der Waals surface area (Å²) < 4.78 is 31.5. The Kier molecular flexibility index (Phi) is 6.49. The number of rotatable bonds is 7. The number of phenols is 1. The maximum Gasteiger partial charge on any atom is 0.269 e. The molecule has 1 N–H and O–H groups in total. The van der Waals surface area contributed by atoms with E-state index >= 15 is 0 Å². The number of halogens is 1. The molecule has 0 saturated heterocycles. The van der Waals surface area contributed by atoms with Gasteiger partial charge in [-0.25, -0.2) is 12.7 Å². The number of ether oxygens (including phenoxy) is 1. The zero-order valence-electron chi connectivity index (χ0n) is 18.1. The Balaban J connectivity index is 1.58. The number of aromatic hydroxyl groups is 1. The van der Waals surface area contributed by atoms with Crippen LogP contribution in [0.25, 0.3) is 0 Å². The number of carbonyl (C=O) groups is 2. The van der Waals surface area contributed by atoms with Crippen LogP contribution in [0.5, 0.6) is 11.5 Å². The van der Waals surface area contributed by atoms with Crippen LogP contribution in [-0.2, 0) is 21.4 Å². The molecule has 1 heterocycles. The van der Waals surface area contributed by atoms with Gasteiger partial charge in [0.05, 0.1) is 19.2 Å². The van der Waals surface area contributed by atoms with Gasteiger partial charge in [0, 0.05) is 23.7 Å².